The molecule has 0 aliphatic rings. The van der Waals surface area contributed by atoms with Crippen LogP contribution in [0, 0.1) is 11.3 Å². The van der Waals surface area contributed by atoms with Crippen molar-refractivity contribution in [1.82, 2.24) is 5.32 Å². The first-order chi connectivity index (χ1) is 9.76. The smallest absolute Gasteiger partial charge is 0.224 e. The van der Waals surface area contributed by atoms with Crippen LogP contribution >= 0.6 is 0 Å². The number of nitrogens with one attached hydrogen (secondary N) is 1. The van der Waals surface area contributed by atoms with E-state index in [0.29, 0.717) is 6.54 Å². The second-order valence-corrected chi connectivity index (χ2v) is 6.70. The van der Waals surface area contributed by atoms with E-state index in [0.717, 1.165) is 17.7 Å². The molecule has 0 radical (unpaired) electrons. The molecule has 0 saturated heterocycles. The van der Waals surface area contributed by atoms with Gasteiger partial charge in [-0.3, -0.25) is 4.79 Å². The lowest BCUT2D eigenvalue weighted by atomic mass is 9.84. The molecule has 1 aromatic carbocycles. The molecule has 3 N–H and O–H groups in total. The van der Waals surface area contributed by atoms with Crippen molar-refractivity contribution in [3.8, 4) is 5.75 Å². The molecule has 0 heterocycles. The molecule has 0 bridgehead atoms. The van der Waals surface area contributed by atoms with Gasteiger partial charge in [-0.05, 0) is 36.5 Å². The lowest BCUT2D eigenvalue weighted by Gasteiger charge is -2.26. The van der Waals surface area contributed by atoms with E-state index in [1.807, 2.05) is 31.2 Å². The number of methoxy groups -OCH3 is 1. The Morgan fingerprint density at radius 2 is 1.86 bits per heavy atom. The second-order valence-electron chi connectivity index (χ2n) is 6.70. The van der Waals surface area contributed by atoms with Crippen LogP contribution in [0.5, 0.6) is 5.75 Å². The van der Waals surface area contributed by atoms with E-state index in [2.05, 4.69) is 26.1 Å². The third-order valence-corrected chi connectivity index (χ3v) is 3.49. The van der Waals surface area contributed by atoms with Gasteiger partial charge in [0, 0.05) is 6.54 Å². The zero-order valence-electron chi connectivity index (χ0n) is 13.8. The molecule has 4 heteroatoms. The Morgan fingerprint density at radius 1 is 1.29 bits per heavy atom. The monoisotopic (exact) mass is 292 g/mol. The molecule has 0 fully saturated rings. The summed E-state index contributed by atoms with van der Waals surface area (Å²) in [5, 5.41) is 3.05. The van der Waals surface area contributed by atoms with Gasteiger partial charge in [0.05, 0.1) is 19.1 Å². The van der Waals surface area contributed by atoms with Crippen molar-refractivity contribution in [3.63, 3.8) is 0 Å². The molecule has 4 nitrogen and oxygen atoms in total. The van der Waals surface area contributed by atoms with E-state index in [9.17, 15) is 4.79 Å². The van der Waals surface area contributed by atoms with Gasteiger partial charge in [-0.1, -0.05) is 32.9 Å². The summed E-state index contributed by atoms with van der Waals surface area (Å²) in [6, 6.07) is 7.68. The normalized spacial score (nSPS) is 14.4. The molecule has 1 aromatic rings. The van der Waals surface area contributed by atoms with Crippen LogP contribution in [0.1, 0.15) is 45.7 Å². The Morgan fingerprint density at radius 3 is 2.29 bits per heavy atom. The number of hydrogen-bond donors (Lipinski definition) is 2. The molecule has 1 amide bonds. The van der Waals surface area contributed by atoms with Crippen LogP contribution in [0.2, 0.25) is 0 Å². The highest BCUT2D eigenvalue weighted by Gasteiger charge is 2.24. The SMILES string of the molecule is COc1ccc(C(C)NC(=O)C(CN)CC(C)(C)C)cc1. The lowest BCUT2D eigenvalue weighted by Crippen LogP contribution is -2.38. The molecule has 21 heavy (non-hydrogen) atoms. The molecular weight excluding hydrogens is 264 g/mol. The Hall–Kier alpha value is -1.55. The number of ether oxygens (including phenoxy) is 1. The average Bonchev–Trinajstić information content (AvgIpc) is 2.43. The number of amides is 1. The van der Waals surface area contributed by atoms with E-state index < -0.39 is 0 Å². The molecular formula is C17H28N2O2. The number of carbonyl (C=O) groups is 1. The number of rotatable bonds is 6. The summed E-state index contributed by atoms with van der Waals surface area (Å²) >= 11 is 0. The number of carbonyl (C=O) groups excluding carboxylic acids is 1. The van der Waals surface area contributed by atoms with Gasteiger partial charge in [0.1, 0.15) is 5.75 Å². The molecule has 2 unspecified atom stereocenters. The molecule has 2 atom stereocenters. The van der Waals surface area contributed by atoms with Crippen molar-refractivity contribution in [2.45, 2.75) is 40.2 Å². The minimum Gasteiger partial charge on any atom is -0.497 e. The Balaban J connectivity index is 2.67. The Kier molecular flexibility index (Phi) is 6.21. The first-order valence-corrected chi connectivity index (χ1v) is 7.41. The fourth-order valence-corrected chi connectivity index (χ4v) is 2.33. The summed E-state index contributed by atoms with van der Waals surface area (Å²) in [7, 11) is 1.64. The molecule has 0 aliphatic carbocycles. The maximum Gasteiger partial charge on any atom is 0.224 e. The van der Waals surface area contributed by atoms with Gasteiger partial charge in [0.15, 0.2) is 0 Å². The van der Waals surface area contributed by atoms with Crippen LogP contribution in [-0.2, 0) is 4.79 Å². The highest BCUT2D eigenvalue weighted by Crippen LogP contribution is 2.25. The van der Waals surface area contributed by atoms with Crippen molar-refractivity contribution in [3.05, 3.63) is 29.8 Å². The summed E-state index contributed by atoms with van der Waals surface area (Å²) in [6.45, 7) is 8.71. The summed E-state index contributed by atoms with van der Waals surface area (Å²) < 4.78 is 5.14. The quantitative estimate of drug-likeness (QED) is 0.847. The van der Waals surface area contributed by atoms with Crippen molar-refractivity contribution >= 4 is 5.91 Å². The predicted octanol–water partition coefficient (Wildman–Crippen LogP) is 2.88. The van der Waals surface area contributed by atoms with Gasteiger partial charge in [-0.15, -0.1) is 0 Å². The zero-order chi connectivity index (χ0) is 16.0. The summed E-state index contributed by atoms with van der Waals surface area (Å²) in [6.07, 6.45) is 0.782. The van der Waals surface area contributed by atoms with Gasteiger partial charge < -0.3 is 15.8 Å². The standard InChI is InChI=1S/C17H28N2O2/c1-12(13-6-8-15(21-5)9-7-13)19-16(20)14(11-18)10-17(2,3)4/h6-9,12,14H,10-11,18H2,1-5H3,(H,19,20). The van der Waals surface area contributed by atoms with E-state index >= 15 is 0 Å². The third kappa shape index (κ3) is 5.76. The van der Waals surface area contributed by atoms with Crippen LogP contribution in [0.4, 0.5) is 0 Å². The van der Waals surface area contributed by atoms with Crippen LogP contribution < -0.4 is 15.8 Å². The van der Waals surface area contributed by atoms with Crippen LogP contribution in [0.3, 0.4) is 0 Å². The topological polar surface area (TPSA) is 64.3 Å². The summed E-state index contributed by atoms with van der Waals surface area (Å²) in [5.74, 6) is 0.686. The van der Waals surface area contributed by atoms with E-state index in [1.165, 1.54) is 0 Å². The number of benzene rings is 1. The van der Waals surface area contributed by atoms with E-state index in [1.54, 1.807) is 7.11 Å². The summed E-state index contributed by atoms with van der Waals surface area (Å²) in [5.41, 5.74) is 6.90. The maximum atomic E-state index is 12.3. The highest BCUT2D eigenvalue weighted by molar-refractivity contribution is 5.79. The zero-order valence-corrected chi connectivity index (χ0v) is 13.8. The average molecular weight is 292 g/mol. The van der Waals surface area contributed by atoms with E-state index in [-0.39, 0.29) is 23.3 Å². The maximum absolute atomic E-state index is 12.3. The molecule has 0 aliphatic heterocycles. The van der Waals surface area contributed by atoms with E-state index in [4.69, 9.17) is 10.5 Å². The van der Waals surface area contributed by atoms with Gasteiger partial charge >= 0.3 is 0 Å². The van der Waals surface area contributed by atoms with Gasteiger partial charge in [0.2, 0.25) is 5.91 Å². The van der Waals surface area contributed by atoms with Crippen molar-refractivity contribution in [1.29, 1.82) is 0 Å². The van der Waals surface area contributed by atoms with Crippen molar-refractivity contribution in [2.75, 3.05) is 13.7 Å². The van der Waals surface area contributed by atoms with Crippen molar-refractivity contribution < 1.29 is 9.53 Å². The number of hydrogen-bond acceptors (Lipinski definition) is 3. The fourth-order valence-electron chi connectivity index (χ4n) is 2.33. The molecule has 0 saturated carbocycles. The third-order valence-electron chi connectivity index (χ3n) is 3.49. The Bertz CT molecular complexity index is 449. The second kappa shape index (κ2) is 7.46. The fraction of sp³-hybridized carbons (Fsp3) is 0.588. The first kappa shape index (κ1) is 17.5. The molecule has 1 rings (SSSR count). The van der Waals surface area contributed by atoms with Gasteiger partial charge in [-0.2, -0.15) is 0 Å². The van der Waals surface area contributed by atoms with Crippen LogP contribution in [-0.4, -0.2) is 19.6 Å². The molecule has 118 valence electrons. The number of nitrogens with two attached hydrogens (primary N) is 1. The Labute approximate surface area is 128 Å². The molecule has 0 spiro atoms. The van der Waals surface area contributed by atoms with Crippen LogP contribution in [0.15, 0.2) is 24.3 Å². The van der Waals surface area contributed by atoms with Crippen LogP contribution in [0.25, 0.3) is 0 Å². The van der Waals surface area contributed by atoms with Gasteiger partial charge in [0.25, 0.3) is 0 Å². The minimum absolute atomic E-state index is 0.0238. The largest absolute Gasteiger partial charge is 0.497 e. The lowest BCUT2D eigenvalue weighted by molar-refractivity contribution is -0.126. The van der Waals surface area contributed by atoms with Gasteiger partial charge in [-0.25, -0.2) is 0 Å². The predicted molar refractivity (Wildman–Crippen MR) is 86.2 cm³/mol. The van der Waals surface area contributed by atoms with Crippen molar-refractivity contribution in [2.24, 2.45) is 17.1 Å². The molecule has 0 aromatic heterocycles. The first-order valence-electron chi connectivity index (χ1n) is 7.41. The highest BCUT2D eigenvalue weighted by atomic mass is 16.5. The summed E-state index contributed by atoms with van der Waals surface area (Å²) in [4.78, 5) is 12.3. The minimum atomic E-state index is -0.148.